The molecule has 1 heterocycles. The molecule has 0 aliphatic rings. The Morgan fingerprint density at radius 2 is 1.57 bits per heavy atom. The highest BCUT2D eigenvalue weighted by Crippen LogP contribution is 2.30. The van der Waals surface area contributed by atoms with Crippen molar-refractivity contribution in [3.05, 3.63) is 76.5 Å². The van der Waals surface area contributed by atoms with Crippen LogP contribution in [0.4, 0.5) is 13.2 Å². The summed E-state index contributed by atoms with van der Waals surface area (Å²) in [6, 6.07) is 14.7. The Morgan fingerprint density at radius 1 is 0.857 bits per heavy atom. The summed E-state index contributed by atoms with van der Waals surface area (Å²) in [6.07, 6.45) is -4.04. The fourth-order valence-electron chi connectivity index (χ4n) is 3.57. The number of aliphatic hydroxyl groups excluding tert-OH is 2. The van der Waals surface area contributed by atoms with Crippen molar-refractivity contribution < 1.29 is 37.3 Å². The van der Waals surface area contributed by atoms with Crippen molar-refractivity contribution in [1.82, 2.24) is 0 Å². The highest BCUT2D eigenvalue weighted by Gasteiger charge is 2.31. The first-order valence-corrected chi connectivity index (χ1v) is 10.6. The van der Waals surface area contributed by atoms with Gasteiger partial charge in [-0.25, -0.2) is 0 Å². The average Bonchev–Trinajstić information content (AvgIpc) is 2.82. The molecule has 184 valence electrons. The van der Waals surface area contributed by atoms with Gasteiger partial charge in [0.15, 0.2) is 0 Å². The van der Waals surface area contributed by atoms with E-state index < -0.39 is 17.7 Å². The molecule has 7 nitrogen and oxygen atoms in total. The molecular formula is C25H22F3NO6. The van der Waals surface area contributed by atoms with Crippen LogP contribution in [0.5, 0.6) is 17.2 Å². The first-order valence-electron chi connectivity index (χ1n) is 10.6. The zero-order valence-electron chi connectivity index (χ0n) is 18.3. The van der Waals surface area contributed by atoms with Crippen LogP contribution in [0.15, 0.2) is 69.9 Å². The molecule has 0 fully saturated rings. The SMILES string of the molecule is NC(CO)(CO)CCc1ccc2c(=O)c3cc(Oc4cccc(OC(F)(F)F)c4)ccc3oc2c1. The lowest BCUT2D eigenvalue weighted by Gasteiger charge is -2.24. The van der Waals surface area contributed by atoms with E-state index in [0.29, 0.717) is 29.4 Å². The maximum atomic E-state index is 13.1. The Labute approximate surface area is 197 Å². The number of fused-ring (bicyclic) bond motifs is 2. The molecule has 0 amide bonds. The fourth-order valence-corrected chi connectivity index (χ4v) is 3.57. The number of aryl methyl sites for hydroxylation is 1. The molecule has 0 bridgehead atoms. The van der Waals surface area contributed by atoms with Crippen LogP contribution in [-0.4, -0.2) is 35.3 Å². The van der Waals surface area contributed by atoms with Crippen LogP contribution in [0.2, 0.25) is 0 Å². The highest BCUT2D eigenvalue weighted by atomic mass is 19.4. The predicted octanol–water partition coefficient (Wildman–Crippen LogP) is 4.25. The molecule has 1 aromatic heterocycles. The molecule has 10 heteroatoms. The number of aliphatic hydroxyl groups is 2. The minimum Gasteiger partial charge on any atom is -0.457 e. The molecule has 0 aliphatic carbocycles. The van der Waals surface area contributed by atoms with Gasteiger partial charge in [-0.15, -0.1) is 13.2 Å². The molecule has 0 saturated carbocycles. The molecule has 4 rings (SSSR count). The van der Waals surface area contributed by atoms with Crippen LogP contribution in [-0.2, 0) is 6.42 Å². The van der Waals surface area contributed by atoms with Crippen LogP contribution in [0.3, 0.4) is 0 Å². The Kier molecular flexibility index (Phi) is 6.70. The van der Waals surface area contributed by atoms with E-state index in [1.54, 1.807) is 18.2 Å². The normalized spacial score (nSPS) is 12.3. The van der Waals surface area contributed by atoms with Gasteiger partial charge >= 0.3 is 6.36 Å². The Balaban J connectivity index is 1.61. The lowest BCUT2D eigenvalue weighted by Crippen LogP contribution is -2.47. The highest BCUT2D eigenvalue weighted by molar-refractivity contribution is 5.90. The summed E-state index contributed by atoms with van der Waals surface area (Å²) in [4.78, 5) is 13.1. The predicted molar refractivity (Wildman–Crippen MR) is 123 cm³/mol. The molecule has 0 aliphatic heterocycles. The summed E-state index contributed by atoms with van der Waals surface area (Å²) in [5.41, 5.74) is 6.00. The summed E-state index contributed by atoms with van der Waals surface area (Å²) in [7, 11) is 0. The second-order valence-electron chi connectivity index (χ2n) is 8.22. The molecule has 0 saturated heterocycles. The van der Waals surface area contributed by atoms with Gasteiger partial charge < -0.3 is 29.8 Å². The Bertz CT molecular complexity index is 1410. The summed E-state index contributed by atoms with van der Waals surface area (Å²) in [5.74, 6) is -0.0955. The van der Waals surface area contributed by atoms with Gasteiger partial charge in [0.2, 0.25) is 5.43 Å². The molecule has 0 radical (unpaired) electrons. The van der Waals surface area contributed by atoms with Crippen molar-refractivity contribution in [3.63, 3.8) is 0 Å². The minimum atomic E-state index is -4.83. The summed E-state index contributed by atoms with van der Waals surface area (Å²) >= 11 is 0. The second-order valence-corrected chi connectivity index (χ2v) is 8.22. The summed E-state index contributed by atoms with van der Waals surface area (Å²) in [6.45, 7) is -0.721. The van der Waals surface area contributed by atoms with Gasteiger partial charge in [0.25, 0.3) is 0 Å². The molecule has 35 heavy (non-hydrogen) atoms. The van der Waals surface area contributed by atoms with Crippen molar-refractivity contribution in [3.8, 4) is 17.2 Å². The fraction of sp³-hybridized carbons (Fsp3) is 0.240. The first kappa shape index (κ1) is 24.5. The second kappa shape index (κ2) is 9.57. The third-order valence-electron chi connectivity index (χ3n) is 5.52. The number of alkyl halides is 3. The molecule has 4 aromatic rings. The first-order chi connectivity index (χ1) is 16.6. The van der Waals surface area contributed by atoms with Gasteiger partial charge in [-0.05, 0) is 60.9 Å². The zero-order chi connectivity index (χ0) is 25.2. The molecule has 3 aromatic carbocycles. The van der Waals surface area contributed by atoms with Crippen molar-refractivity contribution in [1.29, 1.82) is 0 Å². The van der Waals surface area contributed by atoms with E-state index in [2.05, 4.69) is 4.74 Å². The number of hydrogen-bond donors (Lipinski definition) is 3. The molecule has 4 N–H and O–H groups in total. The van der Waals surface area contributed by atoms with Crippen molar-refractivity contribution >= 4 is 21.9 Å². The lowest BCUT2D eigenvalue weighted by molar-refractivity contribution is -0.274. The van der Waals surface area contributed by atoms with Gasteiger partial charge in [0, 0.05) is 6.07 Å². The van der Waals surface area contributed by atoms with E-state index >= 15 is 0 Å². The Morgan fingerprint density at radius 3 is 2.29 bits per heavy atom. The molecule has 0 unspecified atom stereocenters. The summed E-state index contributed by atoms with van der Waals surface area (Å²) in [5, 5.41) is 19.3. The van der Waals surface area contributed by atoms with Crippen molar-refractivity contribution in [2.75, 3.05) is 13.2 Å². The van der Waals surface area contributed by atoms with Crippen molar-refractivity contribution in [2.24, 2.45) is 5.73 Å². The number of hydrogen-bond acceptors (Lipinski definition) is 7. The van der Waals surface area contributed by atoms with Gasteiger partial charge in [-0.2, -0.15) is 0 Å². The van der Waals surface area contributed by atoms with E-state index in [1.165, 1.54) is 30.3 Å². The lowest BCUT2D eigenvalue weighted by atomic mass is 9.93. The van der Waals surface area contributed by atoms with E-state index in [1.807, 2.05) is 0 Å². The number of nitrogens with two attached hydrogens (primary N) is 1. The van der Waals surface area contributed by atoms with Gasteiger partial charge in [0.1, 0.15) is 28.4 Å². The third kappa shape index (κ3) is 5.73. The van der Waals surface area contributed by atoms with E-state index in [-0.39, 0.29) is 35.5 Å². The standard InChI is InChI=1S/C25H22F3NO6/c26-25(27,28)35-18-3-1-2-16(11-18)33-17-5-7-21-20(12-17)23(32)19-6-4-15(10-22(19)34-21)8-9-24(29,13-30)14-31/h1-7,10-12,30-31H,8-9,13-14,29H2. The largest absolute Gasteiger partial charge is 0.573 e. The number of benzene rings is 3. The quantitative estimate of drug-likeness (QED) is 0.317. The maximum Gasteiger partial charge on any atom is 0.573 e. The van der Waals surface area contributed by atoms with Crippen molar-refractivity contribution in [2.45, 2.75) is 24.7 Å². The van der Waals surface area contributed by atoms with E-state index in [0.717, 1.165) is 17.7 Å². The molecule has 0 atom stereocenters. The number of rotatable bonds is 8. The zero-order valence-corrected chi connectivity index (χ0v) is 18.3. The molecular weight excluding hydrogens is 467 g/mol. The van der Waals surface area contributed by atoms with Gasteiger partial charge in [0.05, 0.1) is 29.5 Å². The molecule has 0 spiro atoms. The van der Waals surface area contributed by atoms with Gasteiger partial charge in [-0.3, -0.25) is 4.79 Å². The smallest absolute Gasteiger partial charge is 0.457 e. The third-order valence-corrected chi connectivity index (χ3v) is 5.52. The number of halogens is 3. The van der Waals surface area contributed by atoms with E-state index in [4.69, 9.17) is 14.9 Å². The number of ether oxygens (including phenoxy) is 2. The minimum absolute atomic E-state index is 0.0997. The van der Waals surface area contributed by atoms with Crippen LogP contribution in [0, 0.1) is 0 Å². The summed E-state index contributed by atoms with van der Waals surface area (Å²) < 4.78 is 52.8. The van der Waals surface area contributed by atoms with Gasteiger partial charge in [-0.1, -0.05) is 12.1 Å². The van der Waals surface area contributed by atoms with Crippen LogP contribution < -0.4 is 20.6 Å². The van der Waals surface area contributed by atoms with Crippen LogP contribution in [0.1, 0.15) is 12.0 Å². The van der Waals surface area contributed by atoms with E-state index in [9.17, 15) is 28.2 Å². The average molecular weight is 489 g/mol. The maximum absolute atomic E-state index is 13.1. The monoisotopic (exact) mass is 489 g/mol. The van der Waals surface area contributed by atoms with Crippen LogP contribution in [0.25, 0.3) is 21.9 Å². The Hall–Kier alpha value is -3.60. The topological polar surface area (TPSA) is 115 Å². The van der Waals surface area contributed by atoms with Crippen LogP contribution >= 0.6 is 0 Å².